The van der Waals surface area contributed by atoms with Crippen molar-refractivity contribution in [3.05, 3.63) is 18.1 Å². The Kier molecular flexibility index (Phi) is 4.78. The van der Waals surface area contributed by atoms with Crippen LogP contribution in [0.15, 0.2) is 21.9 Å². The second kappa shape index (κ2) is 6.58. The molecule has 1 atom stereocenters. The first-order valence-electron chi connectivity index (χ1n) is 6.49. The van der Waals surface area contributed by atoms with E-state index in [9.17, 15) is 4.79 Å². The molecule has 2 heterocycles. The highest BCUT2D eigenvalue weighted by atomic mass is 32.2. The van der Waals surface area contributed by atoms with Crippen molar-refractivity contribution < 1.29 is 9.21 Å². The van der Waals surface area contributed by atoms with Gasteiger partial charge in [0.15, 0.2) is 16.8 Å². The van der Waals surface area contributed by atoms with Crippen molar-refractivity contribution >= 4 is 23.3 Å². The van der Waals surface area contributed by atoms with Gasteiger partial charge in [0.05, 0.1) is 23.6 Å². The van der Waals surface area contributed by atoms with Crippen LogP contribution in [0.3, 0.4) is 0 Å². The summed E-state index contributed by atoms with van der Waals surface area (Å²) in [6, 6.07) is 3.65. The topological polar surface area (TPSA) is 109 Å². The molecule has 2 rings (SSSR count). The molecular weight excluding hydrogens is 302 g/mol. The molecule has 0 unspecified atom stereocenters. The molecule has 0 aliphatic carbocycles. The Balaban J connectivity index is 2.11. The quantitative estimate of drug-likeness (QED) is 0.646. The monoisotopic (exact) mass is 317 g/mol. The van der Waals surface area contributed by atoms with Gasteiger partial charge in [0.1, 0.15) is 11.7 Å². The van der Waals surface area contributed by atoms with E-state index in [0.29, 0.717) is 11.0 Å². The van der Waals surface area contributed by atoms with Crippen LogP contribution >= 0.6 is 11.8 Å². The minimum absolute atomic E-state index is 0.0563. The van der Waals surface area contributed by atoms with E-state index in [1.54, 1.807) is 17.9 Å². The molecule has 0 aliphatic rings. The summed E-state index contributed by atoms with van der Waals surface area (Å²) in [6.45, 7) is 3.29. The maximum atomic E-state index is 11.9. The third-order valence-electron chi connectivity index (χ3n) is 3.16. The first-order chi connectivity index (χ1) is 10.5. The number of ketones is 1. The average molecular weight is 317 g/mol. The summed E-state index contributed by atoms with van der Waals surface area (Å²) in [4.78, 5) is 11.9. The minimum atomic E-state index is -0.990. The second-order valence-corrected chi connectivity index (χ2v) is 5.70. The van der Waals surface area contributed by atoms with E-state index in [4.69, 9.17) is 15.1 Å². The molecule has 0 fully saturated rings. The number of nitrogens with zero attached hydrogens (tertiary/aromatic N) is 4. The Hall–Kier alpha value is -2.40. The number of nitriles is 1. The van der Waals surface area contributed by atoms with Crippen LogP contribution in [-0.2, 0) is 11.8 Å². The molecule has 0 spiro atoms. The summed E-state index contributed by atoms with van der Waals surface area (Å²) < 4.78 is 7.02. The van der Waals surface area contributed by atoms with Gasteiger partial charge in [-0.05, 0) is 19.9 Å². The van der Waals surface area contributed by atoms with Crippen LogP contribution in [0, 0.1) is 29.6 Å². The zero-order chi connectivity index (χ0) is 16.3. The van der Waals surface area contributed by atoms with Crippen LogP contribution < -0.4 is 0 Å². The predicted molar refractivity (Wildman–Crippen MR) is 81.7 cm³/mol. The molecule has 2 aromatic rings. The van der Waals surface area contributed by atoms with Gasteiger partial charge in [-0.25, -0.2) is 0 Å². The standard InChI is InChI=1S/C14H15N5O2S/c1-8(16)11(6-15)12(20)7-22-14-18-17-13(19(14)3)10-4-5-21-9(10)2/h4-5,11,16H,7H2,1-3H3/t11-/m1/s1. The van der Waals surface area contributed by atoms with Crippen molar-refractivity contribution in [3.8, 4) is 17.5 Å². The van der Waals surface area contributed by atoms with Crippen molar-refractivity contribution in [2.75, 3.05) is 5.75 Å². The highest BCUT2D eigenvalue weighted by Gasteiger charge is 2.21. The first-order valence-corrected chi connectivity index (χ1v) is 7.48. The highest BCUT2D eigenvalue weighted by molar-refractivity contribution is 7.99. The summed E-state index contributed by atoms with van der Waals surface area (Å²) in [7, 11) is 1.80. The van der Waals surface area contributed by atoms with Crippen molar-refractivity contribution in [2.45, 2.75) is 19.0 Å². The molecule has 0 radical (unpaired) electrons. The van der Waals surface area contributed by atoms with Gasteiger partial charge in [0.2, 0.25) is 0 Å². The Labute approximate surface area is 131 Å². The molecule has 1 N–H and O–H groups in total. The Bertz CT molecular complexity index is 756. The number of hydrogen-bond acceptors (Lipinski definition) is 7. The number of aromatic nitrogens is 3. The van der Waals surface area contributed by atoms with Gasteiger partial charge >= 0.3 is 0 Å². The number of hydrogen-bond donors (Lipinski definition) is 1. The van der Waals surface area contributed by atoms with Crippen molar-refractivity contribution in [1.29, 1.82) is 10.7 Å². The maximum absolute atomic E-state index is 11.9. The molecule has 0 bridgehead atoms. The lowest BCUT2D eigenvalue weighted by Crippen LogP contribution is -2.21. The molecule has 114 valence electrons. The third-order valence-corrected chi connectivity index (χ3v) is 4.20. The largest absolute Gasteiger partial charge is 0.469 e. The summed E-state index contributed by atoms with van der Waals surface area (Å²) in [5, 5.41) is 25.1. The first kappa shape index (κ1) is 16.0. The summed E-state index contributed by atoms with van der Waals surface area (Å²) in [6.07, 6.45) is 1.58. The van der Waals surface area contributed by atoms with Crippen molar-refractivity contribution in [2.24, 2.45) is 13.0 Å². The van der Waals surface area contributed by atoms with Gasteiger partial charge in [-0.1, -0.05) is 11.8 Å². The van der Waals surface area contributed by atoms with Gasteiger partial charge in [0.25, 0.3) is 0 Å². The molecular formula is C14H15N5O2S. The summed E-state index contributed by atoms with van der Waals surface area (Å²) in [5.41, 5.74) is 0.902. The van der Waals surface area contributed by atoms with E-state index in [1.165, 1.54) is 18.7 Å². The van der Waals surface area contributed by atoms with Crippen LogP contribution in [0.1, 0.15) is 12.7 Å². The lowest BCUT2D eigenvalue weighted by Gasteiger charge is -2.06. The zero-order valence-corrected chi connectivity index (χ0v) is 13.3. The Morgan fingerprint density at radius 1 is 1.59 bits per heavy atom. The fourth-order valence-corrected chi connectivity index (χ4v) is 2.74. The van der Waals surface area contributed by atoms with E-state index >= 15 is 0 Å². The van der Waals surface area contributed by atoms with E-state index < -0.39 is 5.92 Å². The third kappa shape index (κ3) is 3.09. The number of Topliss-reactive ketones (excluding diaryl/α,β-unsaturated/α-hetero) is 1. The number of thioether (sulfide) groups is 1. The normalized spacial score (nSPS) is 11.9. The predicted octanol–water partition coefficient (Wildman–Crippen LogP) is 2.22. The lowest BCUT2D eigenvalue weighted by atomic mass is 10.0. The van der Waals surface area contributed by atoms with Crippen LogP contribution in [0.4, 0.5) is 0 Å². The van der Waals surface area contributed by atoms with E-state index in [1.807, 2.05) is 19.1 Å². The highest BCUT2D eigenvalue weighted by Crippen LogP contribution is 2.26. The maximum Gasteiger partial charge on any atom is 0.191 e. The van der Waals surface area contributed by atoms with Gasteiger partial charge < -0.3 is 14.4 Å². The fourth-order valence-electron chi connectivity index (χ4n) is 1.92. The number of rotatable bonds is 6. The summed E-state index contributed by atoms with van der Waals surface area (Å²) in [5.74, 6) is 0.179. The van der Waals surface area contributed by atoms with Crippen LogP contribution in [-0.4, -0.2) is 32.0 Å². The molecule has 0 amide bonds. The number of nitrogens with one attached hydrogen (secondary N) is 1. The van der Waals surface area contributed by atoms with Gasteiger partial charge in [-0.3, -0.25) is 4.79 Å². The second-order valence-electron chi connectivity index (χ2n) is 4.76. The molecule has 0 saturated carbocycles. The van der Waals surface area contributed by atoms with Crippen LogP contribution in [0.25, 0.3) is 11.4 Å². The van der Waals surface area contributed by atoms with Crippen LogP contribution in [0.5, 0.6) is 0 Å². The van der Waals surface area contributed by atoms with Crippen LogP contribution in [0.2, 0.25) is 0 Å². The molecule has 8 heteroatoms. The Morgan fingerprint density at radius 3 is 2.86 bits per heavy atom. The molecule has 2 aromatic heterocycles. The molecule has 7 nitrogen and oxygen atoms in total. The number of aryl methyl sites for hydroxylation is 1. The Morgan fingerprint density at radius 2 is 2.32 bits per heavy atom. The number of furan rings is 1. The number of carbonyl (C=O) groups is 1. The zero-order valence-electron chi connectivity index (χ0n) is 12.5. The SMILES string of the molecule is CC(=N)[C@@H](C#N)C(=O)CSc1nnc(-c2ccoc2C)n1C. The van der Waals surface area contributed by atoms with Gasteiger partial charge in [-0.15, -0.1) is 10.2 Å². The lowest BCUT2D eigenvalue weighted by molar-refractivity contribution is -0.117. The average Bonchev–Trinajstić information content (AvgIpc) is 3.03. The number of carbonyl (C=O) groups excluding carboxylic acids is 1. The molecule has 0 aliphatic heterocycles. The summed E-state index contributed by atoms with van der Waals surface area (Å²) >= 11 is 1.20. The smallest absolute Gasteiger partial charge is 0.191 e. The van der Waals surface area contributed by atoms with E-state index in [-0.39, 0.29) is 17.2 Å². The van der Waals surface area contributed by atoms with Gasteiger partial charge in [-0.2, -0.15) is 5.26 Å². The molecule has 22 heavy (non-hydrogen) atoms. The van der Waals surface area contributed by atoms with Crippen molar-refractivity contribution in [1.82, 2.24) is 14.8 Å². The molecule has 0 aromatic carbocycles. The molecule has 0 saturated heterocycles. The van der Waals surface area contributed by atoms with Crippen molar-refractivity contribution in [3.63, 3.8) is 0 Å². The van der Waals surface area contributed by atoms with E-state index in [2.05, 4.69) is 10.2 Å². The minimum Gasteiger partial charge on any atom is -0.469 e. The fraction of sp³-hybridized carbons (Fsp3) is 0.357. The van der Waals surface area contributed by atoms with Gasteiger partial charge in [0, 0.05) is 12.8 Å². The van der Waals surface area contributed by atoms with E-state index in [0.717, 1.165) is 11.3 Å².